The van der Waals surface area contributed by atoms with Crippen molar-refractivity contribution in [2.24, 2.45) is 5.92 Å². The van der Waals surface area contributed by atoms with Gasteiger partial charge in [-0.15, -0.1) is 0 Å². The summed E-state index contributed by atoms with van der Waals surface area (Å²) in [5.41, 5.74) is 2.26. The molecule has 0 unspecified atom stereocenters. The zero-order valence-corrected chi connectivity index (χ0v) is 13.6. The Labute approximate surface area is 133 Å². The Kier molecular flexibility index (Phi) is 5.26. The lowest BCUT2D eigenvalue weighted by molar-refractivity contribution is 0.123. The fourth-order valence-corrected chi connectivity index (χ4v) is 3.41. The summed E-state index contributed by atoms with van der Waals surface area (Å²) in [6.07, 6.45) is 6.22. The van der Waals surface area contributed by atoms with Gasteiger partial charge in [-0.1, -0.05) is 6.42 Å². The first-order valence-corrected chi connectivity index (χ1v) is 8.67. The molecule has 1 aromatic rings. The van der Waals surface area contributed by atoms with E-state index in [9.17, 15) is 5.11 Å². The third kappa shape index (κ3) is 3.96. The standard InChI is InChI=1S/C17H28N4O/c1-13-10-16(15-5-2-6-15)20-17(19-13)18-7-9-21-8-3-4-14(11-21)12-22/h10,14-15,22H,2-9,11-12H2,1H3,(H,18,19,20)/t14-/m1/s1. The summed E-state index contributed by atoms with van der Waals surface area (Å²) < 4.78 is 0. The van der Waals surface area contributed by atoms with Gasteiger partial charge in [0.05, 0.1) is 0 Å². The van der Waals surface area contributed by atoms with E-state index in [4.69, 9.17) is 0 Å². The predicted molar refractivity (Wildman–Crippen MR) is 88.1 cm³/mol. The highest BCUT2D eigenvalue weighted by Crippen LogP contribution is 2.35. The van der Waals surface area contributed by atoms with E-state index < -0.39 is 0 Å². The van der Waals surface area contributed by atoms with E-state index in [1.165, 1.54) is 31.4 Å². The lowest BCUT2D eigenvalue weighted by atomic mass is 9.83. The molecule has 5 nitrogen and oxygen atoms in total. The molecular formula is C17H28N4O. The average Bonchev–Trinajstić information content (AvgIpc) is 2.45. The maximum Gasteiger partial charge on any atom is 0.223 e. The Morgan fingerprint density at radius 1 is 1.27 bits per heavy atom. The van der Waals surface area contributed by atoms with Gasteiger partial charge in [0, 0.05) is 43.5 Å². The second-order valence-corrected chi connectivity index (χ2v) is 6.80. The van der Waals surface area contributed by atoms with Crippen LogP contribution in [0.4, 0.5) is 5.95 Å². The first-order valence-electron chi connectivity index (χ1n) is 8.67. The largest absolute Gasteiger partial charge is 0.396 e. The number of piperidine rings is 1. The summed E-state index contributed by atoms with van der Waals surface area (Å²) in [5, 5.41) is 12.7. The molecule has 0 bridgehead atoms. The van der Waals surface area contributed by atoms with E-state index >= 15 is 0 Å². The smallest absolute Gasteiger partial charge is 0.223 e. The molecule has 2 N–H and O–H groups in total. The van der Waals surface area contributed by atoms with E-state index in [0.717, 1.165) is 44.2 Å². The van der Waals surface area contributed by atoms with Gasteiger partial charge in [-0.3, -0.25) is 0 Å². The number of aromatic nitrogens is 2. The fourth-order valence-electron chi connectivity index (χ4n) is 3.41. The number of nitrogens with zero attached hydrogens (tertiary/aromatic N) is 3. The highest BCUT2D eigenvalue weighted by Gasteiger charge is 2.22. The molecule has 2 heterocycles. The first kappa shape index (κ1) is 15.7. The van der Waals surface area contributed by atoms with Gasteiger partial charge in [-0.05, 0) is 51.1 Å². The molecule has 1 aromatic heterocycles. The van der Waals surface area contributed by atoms with Gasteiger partial charge >= 0.3 is 0 Å². The van der Waals surface area contributed by atoms with Gasteiger partial charge in [0.25, 0.3) is 0 Å². The molecule has 1 aliphatic heterocycles. The van der Waals surface area contributed by atoms with Gasteiger partial charge in [0.2, 0.25) is 5.95 Å². The highest BCUT2D eigenvalue weighted by molar-refractivity contribution is 5.30. The highest BCUT2D eigenvalue weighted by atomic mass is 16.3. The van der Waals surface area contributed by atoms with Gasteiger partial charge in [0.1, 0.15) is 0 Å². The zero-order valence-electron chi connectivity index (χ0n) is 13.6. The monoisotopic (exact) mass is 304 g/mol. The summed E-state index contributed by atoms with van der Waals surface area (Å²) in [5.74, 6) is 1.88. The van der Waals surface area contributed by atoms with E-state index in [2.05, 4.69) is 26.3 Å². The Morgan fingerprint density at radius 2 is 2.14 bits per heavy atom. The van der Waals surface area contributed by atoms with Crippen LogP contribution in [0.1, 0.15) is 49.4 Å². The Hall–Kier alpha value is -1.20. The molecule has 1 atom stereocenters. The minimum Gasteiger partial charge on any atom is -0.396 e. The maximum atomic E-state index is 9.29. The molecule has 0 aromatic carbocycles. The average molecular weight is 304 g/mol. The number of hydrogen-bond donors (Lipinski definition) is 2. The number of anilines is 1. The molecule has 2 fully saturated rings. The zero-order chi connectivity index (χ0) is 15.4. The molecule has 1 saturated carbocycles. The molecule has 0 amide bonds. The molecule has 0 radical (unpaired) electrons. The Bertz CT molecular complexity index is 490. The maximum absolute atomic E-state index is 9.29. The molecule has 3 rings (SSSR count). The predicted octanol–water partition coefficient (Wildman–Crippen LogP) is 2.17. The van der Waals surface area contributed by atoms with Crippen LogP contribution in [-0.2, 0) is 0 Å². The molecular weight excluding hydrogens is 276 g/mol. The number of aliphatic hydroxyl groups is 1. The normalized spacial score (nSPS) is 23.3. The van der Waals surface area contributed by atoms with Crippen molar-refractivity contribution in [3.8, 4) is 0 Å². The summed E-state index contributed by atoms with van der Waals surface area (Å²) in [7, 11) is 0. The van der Waals surface area contributed by atoms with Crippen molar-refractivity contribution in [3.05, 3.63) is 17.5 Å². The van der Waals surface area contributed by atoms with Crippen LogP contribution >= 0.6 is 0 Å². The lowest BCUT2D eigenvalue weighted by Crippen LogP contribution is -2.39. The van der Waals surface area contributed by atoms with Gasteiger partial charge < -0.3 is 15.3 Å². The van der Waals surface area contributed by atoms with E-state index in [1.807, 2.05) is 6.92 Å². The topological polar surface area (TPSA) is 61.3 Å². The molecule has 2 aliphatic rings. The number of aryl methyl sites for hydroxylation is 1. The van der Waals surface area contributed by atoms with Crippen LogP contribution in [-0.4, -0.2) is 52.8 Å². The Morgan fingerprint density at radius 3 is 2.86 bits per heavy atom. The number of rotatable bonds is 6. The van der Waals surface area contributed by atoms with Crippen molar-refractivity contribution >= 4 is 5.95 Å². The number of hydrogen-bond acceptors (Lipinski definition) is 5. The third-order valence-corrected chi connectivity index (χ3v) is 4.97. The van der Waals surface area contributed by atoms with Gasteiger partial charge in [-0.2, -0.15) is 0 Å². The number of nitrogens with one attached hydrogen (secondary N) is 1. The van der Waals surface area contributed by atoms with Crippen LogP contribution in [0.5, 0.6) is 0 Å². The van der Waals surface area contributed by atoms with Crippen molar-refractivity contribution in [1.82, 2.24) is 14.9 Å². The summed E-state index contributed by atoms with van der Waals surface area (Å²) in [4.78, 5) is 11.6. The van der Waals surface area contributed by atoms with Crippen molar-refractivity contribution in [2.45, 2.75) is 44.9 Å². The van der Waals surface area contributed by atoms with Crippen LogP contribution in [0.2, 0.25) is 0 Å². The van der Waals surface area contributed by atoms with Crippen molar-refractivity contribution in [1.29, 1.82) is 0 Å². The molecule has 122 valence electrons. The van der Waals surface area contributed by atoms with Gasteiger partial charge in [0.15, 0.2) is 0 Å². The number of likely N-dealkylation sites (tertiary alicyclic amines) is 1. The molecule has 1 aliphatic carbocycles. The minimum absolute atomic E-state index is 0.315. The lowest BCUT2D eigenvalue weighted by Gasteiger charge is -2.31. The second kappa shape index (κ2) is 7.38. The fraction of sp³-hybridized carbons (Fsp3) is 0.765. The van der Waals surface area contributed by atoms with Crippen LogP contribution in [0.15, 0.2) is 6.07 Å². The van der Waals surface area contributed by atoms with E-state index in [-0.39, 0.29) is 0 Å². The number of aliphatic hydroxyl groups excluding tert-OH is 1. The van der Waals surface area contributed by atoms with E-state index in [1.54, 1.807) is 0 Å². The van der Waals surface area contributed by atoms with E-state index in [0.29, 0.717) is 18.4 Å². The third-order valence-electron chi connectivity index (χ3n) is 4.97. The molecule has 22 heavy (non-hydrogen) atoms. The van der Waals surface area contributed by atoms with Crippen LogP contribution < -0.4 is 5.32 Å². The van der Waals surface area contributed by atoms with Crippen molar-refractivity contribution < 1.29 is 5.11 Å². The second-order valence-electron chi connectivity index (χ2n) is 6.80. The molecule has 0 spiro atoms. The van der Waals surface area contributed by atoms with Crippen LogP contribution in [0, 0.1) is 12.8 Å². The summed E-state index contributed by atoms with van der Waals surface area (Å²) in [6, 6.07) is 2.13. The SMILES string of the molecule is Cc1cc(C2CCC2)nc(NCCN2CCC[C@@H](CO)C2)n1. The van der Waals surface area contributed by atoms with Crippen LogP contribution in [0.3, 0.4) is 0 Å². The Balaban J connectivity index is 1.49. The van der Waals surface area contributed by atoms with Crippen molar-refractivity contribution in [3.63, 3.8) is 0 Å². The first-order chi connectivity index (χ1) is 10.7. The minimum atomic E-state index is 0.315. The summed E-state index contributed by atoms with van der Waals surface area (Å²) >= 11 is 0. The van der Waals surface area contributed by atoms with Gasteiger partial charge in [-0.25, -0.2) is 9.97 Å². The quantitative estimate of drug-likeness (QED) is 0.843. The molecule has 5 heteroatoms. The molecule has 1 saturated heterocycles. The van der Waals surface area contributed by atoms with Crippen LogP contribution in [0.25, 0.3) is 0 Å². The van der Waals surface area contributed by atoms with Crippen molar-refractivity contribution in [2.75, 3.05) is 38.1 Å². The summed E-state index contributed by atoms with van der Waals surface area (Å²) in [6.45, 7) is 6.37.